The maximum atomic E-state index is 13.0. The summed E-state index contributed by atoms with van der Waals surface area (Å²) in [5, 5.41) is 19.6. The van der Waals surface area contributed by atoms with Crippen LogP contribution in [0, 0.1) is 10.1 Å². The topological polar surface area (TPSA) is 92.1 Å². The van der Waals surface area contributed by atoms with Gasteiger partial charge in [0.15, 0.2) is 0 Å². The molecule has 0 atom stereocenters. The van der Waals surface area contributed by atoms with Gasteiger partial charge in [-0.25, -0.2) is 0 Å². The van der Waals surface area contributed by atoms with Crippen molar-refractivity contribution in [3.05, 3.63) is 79.4 Å². The molecule has 1 N–H and O–H groups in total. The quantitative estimate of drug-likeness (QED) is 0.502. The molecular formula is C19H14Cl2N4O3. The lowest BCUT2D eigenvalue weighted by atomic mass is 10.00. The van der Waals surface area contributed by atoms with Crippen molar-refractivity contribution in [2.75, 3.05) is 6.54 Å². The Balaban J connectivity index is 1.67. The maximum Gasteiger partial charge on any atom is 0.283 e. The predicted octanol–water partition coefficient (Wildman–Crippen LogP) is 4.49. The fraction of sp³-hybridized carbons (Fsp3) is 0.158. The van der Waals surface area contributed by atoms with Crippen molar-refractivity contribution in [2.45, 2.75) is 13.0 Å². The lowest BCUT2D eigenvalue weighted by molar-refractivity contribution is -0.385. The average Bonchev–Trinajstić information content (AvgIpc) is 3.10. The summed E-state index contributed by atoms with van der Waals surface area (Å²) < 4.78 is 0. The minimum absolute atomic E-state index is 0.0191. The van der Waals surface area contributed by atoms with Crippen LogP contribution in [0.2, 0.25) is 10.0 Å². The molecule has 1 aliphatic heterocycles. The molecule has 28 heavy (non-hydrogen) atoms. The summed E-state index contributed by atoms with van der Waals surface area (Å²) in [6.07, 6.45) is 0.579. The molecule has 4 rings (SSSR count). The van der Waals surface area contributed by atoms with Crippen LogP contribution >= 0.6 is 23.2 Å². The van der Waals surface area contributed by atoms with Crippen LogP contribution in [0.5, 0.6) is 0 Å². The number of aromatic amines is 1. The van der Waals surface area contributed by atoms with Crippen molar-refractivity contribution in [3.63, 3.8) is 0 Å². The number of amides is 1. The first-order valence-electron chi connectivity index (χ1n) is 8.49. The number of benzene rings is 2. The van der Waals surface area contributed by atoms with Crippen molar-refractivity contribution < 1.29 is 9.72 Å². The second-order valence-corrected chi connectivity index (χ2v) is 7.31. The lowest BCUT2D eigenvalue weighted by Gasteiger charge is -2.27. The number of halogens is 2. The van der Waals surface area contributed by atoms with Gasteiger partial charge in [-0.05, 0) is 24.3 Å². The normalized spacial score (nSPS) is 13.3. The van der Waals surface area contributed by atoms with Crippen LogP contribution in [0.25, 0.3) is 11.3 Å². The molecule has 7 nitrogen and oxygen atoms in total. The molecule has 0 saturated heterocycles. The van der Waals surface area contributed by atoms with E-state index in [1.807, 2.05) is 18.2 Å². The second-order valence-electron chi connectivity index (χ2n) is 6.43. The Hall–Kier alpha value is -2.90. The van der Waals surface area contributed by atoms with Gasteiger partial charge < -0.3 is 4.90 Å². The molecule has 142 valence electrons. The van der Waals surface area contributed by atoms with Crippen LogP contribution in [-0.4, -0.2) is 32.5 Å². The molecule has 0 saturated carbocycles. The molecule has 0 spiro atoms. The van der Waals surface area contributed by atoms with Gasteiger partial charge in [0, 0.05) is 52.4 Å². The highest BCUT2D eigenvalue weighted by Gasteiger charge is 2.30. The number of nitro groups is 1. The fourth-order valence-corrected chi connectivity index (χ4v) is 3.71. The van der Waals surface area contributed by atoms with Crippen LogP contribution in [0.3, 0.4) is 0 Å². The van der Waals surface area contributed by atoms with E-state index in [1.54, 1.807) is 11.0 Å². The average molecular weight is 417 g/mol. The SMILES string of the molecule is O=C(c1ccc(Cl)cc1[N+](=O)[O-])N1CCc2[nH]nc(-c3cccc(Cl)c3)c2C1. The van der Waals surface area contributed by atoms with E-state index >= 15 is 0 Å². The number of H-pyrrole nitrogens is 1. The number of nitro benzene ring substituents is 1. The third-order valence-electron chi connectivity index (χ3n) is 4.71. The highest BCUT2D eigenvalue weighted by Crippen LogP contribution is 2.31. The van der Waals surface area contributed by atoms with Gasteiger partial charge in [-0.2, -0.15) is 5.10 Å². The van der Waals surface area contributed by atoms with Crippen molar-refractivity contribution in [2.24, 2.45) is 0 Å². The summed E-state index contributed by atoms with van der Waals surface area (Å²) >= 11 is 11.9. The monoisotopic (exact) mass is 416 g/mol. The first-order chi connectivity index (χ1) is 13.4. The van der Waals surface area contributed by atoms with Gasteiger partial charge in [0.25, 0.3) is 11.6 Å². The minimum Gasteiger partial charge on any atom is -0.334 e. The van der Waals surface area contributed by atoms with Crippen molar-refractivity contribution in [3.8, 4) is 11.3 Å². The highest BCUT2D eigenvalue weighted by molar-refractivity contribution is 6.31. The standard InChI is InChI=1S/C19H14Cl2N4O3/c20-12-3-1-2-11(8-12)18-15-10-24(7-6-16(15)22-23-18)19(26)14-5-4-13(21)9-17(14)25(27)28/h1-5,8-9H,6-7,10H2,(H,22,23). The molecule has 0 aliphatic carbocycles. The largest absolute Gasteiger partial charge is 0.334 e. The van der Waals surface area contributed by atoms with Gasteiger partial charge in [-0.15, -0.1) is 0 Å². The number of fused-ring (bicyclic) bond motifs is 1. The van der Waals surface area contributed by atoms with Crippen LogP contribution in [0.15, 0.2) is 42.5 Å². The second kappa shape index (κ2) is 7.26. The minimum atomic E-state index is -0.594. The van der Waals surface area contributed by atoms with E-state index in [-0.39, 0.29) is 16.3 Å². The van der Waals surface area contributed by atoms with E-state index in [0.29, 0.717) is 24.5 Å². The van der Waals surface area contributed by atoms with Crippen LogP contribution in [0.1, 0.15) is 21.6 Å². The first-order valence-corrected chi connectivity index (χ1v) is 9.25. The van der Waals surface area contributed by atoms with Gasteiger partial charge in [0.1, 0.15) is 5.56 Å². The molecule has 0 fully saturated rings. The number of nitrogens with zero attached hydrogens (tertiary/aromatic N) is 3. The molecule has 1 amide bonds. The molecule has 0 unspecified atom stereocenters. The molecule has 0 radical (unpaired) electrons. The van der Waals surface area contributed by atoms with Crippen molar-refractivity contribution >= 4 is 34.8 Å². The molecule has 9 heteroatoms. The molecule has 2 heterocycles. The summed E-state index contributed by atoms with van der Waals surface area (Å²) in [7, 11) is 0. The van der Waals surface area contributed by atoms with E-state index < -0.39 is 10.8 Å². The molecule has 3 aromatic rings. The predicted molar refractivity (Wildman–Crippen MR) is 106 cm³/mol. The Morgan fingerprint density at radius 2 is 1.96 bits per heavy atom. The van der Waals surface area contributed by atoms with Crippen LogP contribution in [-0.2, 0) is 13.0 Å². The van der Waals surface area contributed by atoms with E-state index in [2.05, 4.69) is 10.2 Å². The molecule has 2 aromatic carbocycles. The Labute approximate surface area is 170 Å². The summed E-state index contributed by atoms with van der Waals surface area (Å²) in [5.41, 5.74) is 3.12. The third kappa shape index (κ3) is 3.34. The zero-order valence-electron chi connectivity index (χ0n) is 14.5. The van der Waals surface area contributed by atoms with Gasteiger partial charge >= 0.3 is 0 Å². The number of aromatic nitrogens is 2. The Morgan fingerprint density at radius 3 is 2.71 bits per heavy atom. The number of carbonyl (C=O) groups excluding carboxylic acids is 1. The third-order valence-corrected chi connectivity index (χ3v) is 5.18. The van der Waals surface area contributed by atoms with Crippen LogP contribution < -0.4 is 0 Å². The fourth-order valence-electron chi connectivity index (χ4n) is 3.35. The Bertz CT molecular complexity index is 1100. The van der Waals surface area contributed by atoms with Crippen LogP contribution in [0.4, 0.5) is 5.69 Å². The zero-order valence-corrected chi connectivity index (χ0v) is 16.0. The summed E-state index contributed by atoms with van der Waals surface area (Å²) in [6.45, 7) is 0.731. The molecule has 0 bridgehead atoms. The summed E-state index contributed by atoms with van der Waals surface area (Å²) in [5.74, 6) is -0.410. The highest BCUT2D eigenvalue weighted by atomic mass is 35.5. The van der Waals surface area contributed by atoms with Gasteiger partial charge in [0.2, 0.25) is 0 Å². The number of hydrogen-bond donors (Lipinski definition) is 1. The Kier molecular flexibility index (Phi) is 4.78. The lowest BCUT2D eigenvalue weighted by Crippen LogP contribution is -2.36. The number of rotatable bonds is 3. The Morgan fingerprint density at radius 1 is 1.18 bits per heavy atom. The van der Waals surface area contributed by atoms with E-state index in [0.717, 1.165) is 22.5 Å². The smallest absolute Gasteiger partial charge is 0.283 e. The van der Waals surface area contributed by atoms with Gasteiger partial charge in [0.05, 0.1) is 10.6 Å². The molecular weight excluding hydrogens is 403 g/mol. The first kappa shape index (κ1) is 18.5. The molecule has 1 aliphatic rings. The maximum absolute atomic E-state index is 13.0. The van der Waals surface area contributed by atoms with Gasteiger partial charge in [-0.3, -0.25) is 20.0 Å². The van der Waals surface area contributed by atoms with E-state index in [4.69, 9.17) is 23.2 Å². The van der Waals surface area contributed by atoms with Crippen molar-refractivity contribution in [1.82, 2.24) is 15.1 Å². The van der Waals surface area contributed by atoms with E-state index in [1.165, 1.54) is 18.2 Å². The molecule has 1 aromatic heterocycles. The zero-order chi connectivity index (χ0) is 19.8. The number of hydrogen-bond acceptors (Lipinski definition) is 4. The van der Waals surface area contributed by atoms with Crippen molar-refractivity contribution in [1.29, 1.82) is 0 Å². The summed E-state index contributed by atoms with van der Waals surface area (Å²) in [6, 6.07) is 11.4. The van der Waals surface area contributed by atoms with Gasteiger partial charge in [-0.1, -0.05) is 35.3 Å². The summed E-state index contributed by atoms with van der Waals surface area (Å²) in [4.78, 5) is 25.3. The van der Waals surface area contributed by atoms with E-state index in [9.17, 15) is 14.9 Å². The number of carbonyl (C=O) groups is 1. The number of nitrogens with one attached hydrogen (secondary N) is 1.